The lowest BCUT2D eigenvalue weighted by Gasteiger charge is -2.23. The number of aromatic nitrogens is 2. The Labute approximate surface area is 194 Å². The molecular formula is C20H23N4O7PS. The summed E-state index contributed by atoms with van der Waals surface area (Å²) in [5, 5.41) is 2.56. The molecule has 0 spiro atoms. The van der Waals surface area contributed by atoms with Crippen molar-refractivity contribution in [1.29, 1.82) is 0 Å². The molecule has 13 heteroatoms. The first-order valence-corrected chi connectivity index (χ1v) is 12.4. The third kappa shape index (κ3) is 7.08. The van der Waals surface area contributed by atoms with Gasteiger partial charge in [0.15, 0.2) is 6.61 Å². The topological polar surface area (TPSA) is 144 Å². The van der Waals surface area contributed by atoms with Crippen molar-refractivity contribution in [1.82, 2.24) is 14.6 Å². The zero-order valence-electron chi connectivity index (χ0n) is 17.7. The average Bonchev–Trinajstić information content (AvgIpc) is 3.25. The van der Waals surface area contributed by atoms with Crippen LogP contribution in [0.1, 0.15) is 13.2 Å². The number of terminal acetylenes is 1. The van der Waals surface area contributed by atoms with E-state index in [-0.39, 0.29) is 24.8 Å². The molecule has 1 aromatic heterocycles. The number of nitrogen functional groups attached to an aromatic ring is 1. The standard InChI is InChI=1S/C20H23N4O7PS/c1-3-11-28-19(25)14(2)23-32(27,31-15-7-5-4-6-8-15)29-12-18-30-17(13-33-18)24-10-9-16(21)22-20(24)26/h1,4-10,14,17-18H,11-13H2,2H3,(H,23,27)(H2,21,22,26)/t14-,17-,18+,32-/m0/s1. The Balaban J connectivity index is 1.66. The Morgan fingerprint density at radius 3 is 2.91 bits per heavy atom. The fourth-order valence-corrected chi connectivity index (χ4v) is 5.30. The summed E-state index contributed by atoms with van der Waals surface area (Å²) < 4.78 is 36.6. The predicted octanol–water partition coefficient (Wildman–Crippen LogP) is 1.77. The van der Waals surface area contributed by atoms with E-state index < -0.39 is 37.1 Å². The molecule has 1 saturated heterocycles. The van der Waals surface area contributed by atoms with E-state index in [0.29, 0.717) is 5.75 Å². The van der Waals surface area contributed by atoms with E-state index in [1.165, 1.54) is 35.5 Å². The lowest BCUT2D eigenvalue weighted by atomic mass is 10.3. The third-order valence-electron chi connectivity index (χ3n) is 4.25. The molecule has 1 aliphatic heterocycles. The van der Waals surface area contributed by atoms with Gasteiger partial charge in [-0.1, -0.05) is 24.1 Å². The van der Waals surface area contributed by atoms with Crippen molar-refractivity contribution in [2.75, 3.05) is 24.7 Å². The summed E-state index contributed by atoms with van der Waals surface area (Å²) in [5.74, 6) is 2.29. The summed E-state index contributed by atoms with van der Waals surface area (Å²) in [4.78, 5) is 27.8. The van der Waals surface area contributed by atoms with Crippen molar-refractivity contribution in [3.05, 3.63) is 53.1 Å². The van der Waals surface area contributed by atoms with Crippen molar-refractivity contribution >= 4 is 31.3 Å². The molecule has 3 rings (SSSR count). The maximum absolute atomic E-state index is 13.4. The Bertz CT molecular complexity index is 1110. The zero-order valence-corrected chi connectivity index (χ0v) is 19.4. The predicted molar refractivity (Wildman–Crippen MR) is 122 cm³/mol. The van der Waals surface area contributed by atoms with Gasteiger partial charge in [-0.15, -0.1) is 18.2 Å². The zero-order chi connectivity index (χ0) is 23.8. The lowest BCUT2D eigenvalue weighted by molar-refractivity contribution is -0.143. The Morgan fingerprint density at radius 1 is 1.45 bits per heavy atom. The maximum Gasteiger partial charge on any atom is 0.459 e. The lowest BCUT2D eigenvalue weighted by Crippen LogP contribution is -2.35. The largest absolute Gasteiger partial charge is 0.459 e. The number of carbonyl (C=O) groups is 1. The van der Waals surface area contributed by atoms with Crippen LogP contribution in [0.4, 0.5) is 5.82 Å². The van der Waals surface area contributed by atoms with Crippen LogP contribution in [-0.4, -0.2) is 46.0 Å². The van der Waals surface area contributed by atoms with E-state index in [0.717, 1.165) is 0 Å². The van der Waals surface area contributed by atoms with Crippen LogP contribution < -0.4 is 21.0 Å². The van der Waals surface area contributed by atoms with Gasteiger partial charge in [0, 0.05) is 11.9 Å². The molecule has 176 valence electrons. The number of rotatable bonds is 10. The Hall–Kier alpha value is -2.81. The quantitative estimate of drug-likeness (QED) is 0.283. The molecule has 2 heterocycles. The van der Waals surface area contributed by atoms with E-state index in [2.05, 4.69) is 16.0 Å². The van der Waals surface area contributed by atoms with Gasteiger partial charge in [-0.3, -0.25) is 13.9 Å². The summed E-state index contributed by atoms with van der Waals surface area (Å²) in [6.07, 6.45) is 5.99. The van der Waals surface area contributed by atoms with E-state index in [4.69, 9.17) is 30.7 Å². The number of carbonyl (C=O) groups excluding carboxylic acids is 1. The van der Waals surface area contributed by atoms with E-state index >= 15 is 0 Å². The molecule has 1 fully saturated rings. The number of anilines is 1. The highest BCUT2D eigenvalue weighted by molar-refractivity contribution is 8.00. The molecule has 3 N–H and O–H groups in total. The van der Waals surface area contributed by atoms with Gasteiger partial charge in [0.25, 0.3) is 0 Å². The number of hydrogen-bond donors (Lipinski definition) is 2. The molecule has 1 aromatic carbocycles. The monoisotopic (exact) mass is 494 g/mol. The number of para-hydroxylation sites is 1. The second-order valence-corrected chi connectivity index (χ2v) is 9.64. The van der Waals surface area contributed by atoms with Crippen molar-refractivity contribution < 1.29 is 27.9 Å². The third-order valence-corrected chi connectivity index (χ3v) is 6.99. The van der Waals surface area contributed by atoms with E-state index in [1.54, 1.807) is 30.3 Å². The molecule has 0 saturated carbocycles. The van der Waals surface area contributed by atoms with Gasteiger partial charge in [-0.2, -0.15) is 10.1 Å². The van der Waals surface area contributed by atoms with Gasteiger partial charge in [0.2, 0.25) is 0 Å². The van der Waals surface area contributed by atoms with E-state index in [1.807, 2.05) is 0 Å². The molecule has 2 aromatic rings. The highest BCUT2D eigenvalue weighted by atomic mass is 32.2. The summed E-state index contributed by atoms with van der Waals surface area (Å²) in [7, 11) is -4.04. The minimum atomic E-state index is -4.04. The fraction of sp³-hybridized carbons (Fsp3) is 0.350. The number of nitrogens with zero attached hydrogens (tertiary/aromatic N) is 2. The van der Waals surface area contributed by atoms with Crippen molar-refractivity contribution in [2.45, 2.75) is 24.6 Å². The molecule has 0 bridgehead atoms. The second kappa shape index (κ2) is 11.4. The first kappa shape index (κ1) is 24.8. The van der Waals surface area contributed by atoms with Gasteiger partial charge in [-0.25, -0.2) is 9.36 Å². The fourth-order valence-electron chi connectivity index (χ4n) is 2.72. The first-order chi connectivity index (χ1) is 15.8. The second-order valence-electron chi connectivity index (χ2n) is 6.76. The number of nitrogens with two attached hydrogens (primary N) is 1. The van der Waals surface area contributed by atoms with Crippen LogP contribution in [0.2, 0.25) is 0 Å². The smallest absolute Gasteiger partial charge is 0.451 e. The molecule has 0 aliphatic carbocycles. The SMILES string of the molecule is C#CCOC(=O)[C@H](C)N[P@](=O)(OC[C@@H]1O[C@H](n2ccc(N)nc2=O)CS1)Oc1ccccc1. The molecule has 0 unspecified atom stereocenters. The minimum Gasteiger partial charge on any atom is -0.451 e. The Kier molecular flexibility index (Phi) is 8.55. The number of hydrogen-bond acceptors (Lipinski definition) is 10. The van der Waals surface area contributed by atoms with Crippen molar-refractivity contribution in [3.8, 4) is 18.1 Å². The number of ether oxygens (including phenoxy) is 2. The van der Waals surface area contributed by atoms with Crippen LogP contribution in [0, 0.1) is 12.3 Å². The molecule has 1 aliphatic rings. The van der Waals surface area contributed by atoms with Crippen LogP contribution in [0.25, 0.3) is 0 Å². The minimum absolute atomic E-state index is 0.113. The first-order valence-electron chi connectivity index (χ1n) is 9.78. The van der Waals surface area contributed by atoms with Gasteiger partial charge in [0.1, 0.15) is 29.3 Å². The van der Waals surface area contributed by atoms with Crippen LogP contribution in [0.15, 0.2) is 47.4 Å². The van der Waals surface area contributed by atoms with Crippen LogP contribution in [0.3, 0.4) is 0 Å². The maximum atomic E-state index is 13.4. The summed E-state index contributed by atoms with van der Waals surface area (Å²) in [6.45, 7) is 1.07. The summed E-state index contributed by atoms with van der Waals surface area (Å²) in [5.41, 5.74) is 4.42. The van der Waals surface area contributed by atoms with E-state index in [9.17, 15) is 14.2 Å². The summed E-state index contributed by atoms with van der Waals surface area (Å²) >= 11 is 1.36. The van der Waals surface area contributed by atoms with Crippen LogP contribution >= 0.6 is 19.5 Å². The van der Waals surface area contributed by atoms with Gasteiger partial charge < -0.3 is 19.7 Å². The summed E-state index contributed by atoms with van der Waals surface area (Å²) in [6, 6.07) is 8.81. The number of thioether (sulfide) groups is 1. The highest BCUT2D eigenvalue weighted by Gasteiger charge is 2.35. The molecule has 0 amide bonds. The Morgan fingerprint density at radius 2 is 2.21 bits per heavy atom. The highest BCUT2D eigenvalue weighted by Crippen LogP contribution is 2.46. The average molecular weight is 494 g/mol. The van der Waals surface area contributed by atoms with Gasteiger partial charge >= 0.3 is 19.4 Å². The number of nitrogens with one attached hydrogen (secondary N) is 1. The number of benzene rings is 1. The number of esters is 1. The van der Waals surface area contributed by atoms with Crippen molar-refractivity contribution in [3.63, 3.8) is 0 Å². The molecule has 33 heavy (non-hydrogen) atoms. The van der Waals surface area contributed by atoms with Gasteiger partial charge in [-0.05, 0) is 25.1 Å². The molecule has 0 radical (unpaired) electrons. The van der Waals surface area contributed by atoms with Crippen molar-refractivity contribution in [2.24, 2.45) is 0 Å². The molecule has 4 atom stereocenters. The van der Waals surface area contributed by atoms with Crippen LogP contribution in [0.5, 0.6) is 5.75 Å². The molecule has 11 nitrogen and oxygen atoms in total. The van der Waals surface area contributed by atoms with Crippen LogP contribution in [-0.2, 0) is 23.4 Å². The normalized spacial score (nSPS) is 20.4. The van der Waals surface area contributed by atoms with Gasteiger partial charge in [0.05, 0.1) is 6.61 Å². The molecular weight excluding hydrogens is 471 g/mol.